The van der Waals surface area contributed by atoms with E-state index in [0.717, 1.165) is 23.2 Å². The molecule has 3 heterocycles. The predicted octanol–water partition coefficient (Wildman–Crippen LogP) is 2.94. The Morgan fingerprint density at radius 3 is 2.82 bits per heavy atom. The van der Waals surface area contributed by atoms with Crippen LogP contribution in [0.4, 0.5) is 5.95 Å². The highest BCUT2D eigenvalue weighted by Crippen LogP contribution is 2.38. The van der Waals surface area contributed by atoms with Crippen molar-refractivity contribution in [2.45, 2.75) is 39.1 Å². The third kappa shape index (κ3) is 3.80. The van der Waals surface area contributed by atoms with Crippen molar-refractivity contribution in [2.24, 2.45) is 5.73 Å². The Kier molecular flexibility index (Phi) is 5.26. The lowest BCUT2D eigenvalue weighted by molar-refractivity contribution is 0.1000. The molecule has 4 aromatic rings. The topological polar surface area (TPSA) is 120 Å². The van der Waals surface area contributed by atoms with Crippen molar-refractivity contribution in [1.82, 2.24) is 19.3 Å². The number of anilines is 1. The maximum Gasteiger partial charge on any atom is 0.248 e. The minimum atomic E-state index is -1.02. The zero-order valence-electron chi connectivity index (χ0n) is 18.5. The van der Waals surface area contributed by atoms with Crippen molar-refractivity contribution in [1.29, 1.82) is 0 Å². The number of aliphatic hydroxyl groups excluding tert-OH is 1. The van der Waals surface area contributed by atoms with E-state index >= 15 is 0 Å². The van der Waals surface area contributed by atoms with Crippen LogP contribution in [-0.4, -0.2) is 37.0 Å². The summed E-state index contributed by atoms with van der Waals surface area (Å²) in [6, 6.07) is 15.2. The molecule has 170 valence electrons. The van der Waals surface area contributed by atoms with Crippen LogP contribution in [0.3, 0.4) is 0 Å². The molecular formula is C24H26N6O3. The van der Waals surface area contributed by atoms with E-state index in [1.165, 1.54) is 0 Å². The van der Waals surface area contributed by atoms with E-state index in [-0.39, 0.29) is 6.04 Å². The van der Waals surface area contributed by atoms with E-state index in [1.807, 2.05) is 38.1 Å². The molecule has 2 aromatic heterocycles. The molecule has 2 aromatic carbocycles. The number of imidazole rings is 1. The Morgan fingerprint density at radius 1 is 1.30 bits per heavy atom. The van der Waals surface area contributed by atoms with Gasteiger partial charge in [0.15, 0.2) is 6.23 Å². The fourth-order valence-corrected chi connectivity index (χ4v) is 4.44. The minimum absolute atomic E-state index is 0.0585. The maximum absolute atomic E-state index is 11.8. The lowest BCUT2D eigenvalue weighted by Gasteiger charge is -2.28. The average Bonchev–Trinajstić information content (AvgIpc) is 3.37. The van der Waals surface area contributed by atoms with Gasteiger partial charge in [0, 0.05) is 12.1 Å². The Balaban J connectivity index is 1.60. The van der Waals surface area contributed by atoms with Gasteiger partial charge in [0.1, 0.15) is 17.9 Å². The molecule has 0 saturated heterocycles. The highest BCUT2D eigenvalue weighted by molar-refractivity contribution is 5.99. The standard InChI is InChI=1S/C24H26N6O3/c1-3-29-19(9-14(2)28-29)23(32)27-24-26-18-11-16(22(25)31)12-20-21(18)30(24)17(13-33-20)10-15-7-5-4-6-8-15/h4-9,11-12,17,23,32H,3,10,13H2,1-2H3,(H2,25,31)(H,26,27)/t17-,23?/m0/s1. The zero-order chi connectivity index (χ0) is 23.1. The molecule has 1 unspecified atom stereocenters. The van der Waals surface area contributed by atoms with Crippen LogP contribution in [0.5, 0.6) is 5.75 Å². The van der Waals surface area contributed by atoms with Crippen LogP contribution in [0.15, 0.2) is 48.5 Å². The van der Waals surface area contributed by atoms with Gasteiger partial charge in [0.2, 0.25) is 11.9 Å². The number of primary amides is 1. The SMILES string of the molecule is CCn1nc(C)cc1C(O)Nc1nc2cc(C(N)=O)cc3c2n1[C@@H](Cc1ccccc1)CO3. The summed E-state index contributed by atoms with van der Waals surface area (Å²) in [6.45, 7) is 4.89. The number of carbonyl (C=O) groups excluding carboxylic acids is 1. The summed E-state index contributed by atoms with van der Waals surface area (Å²) in [5.74, 6) is 0.496. The van der Waals surface area contributed by atoms with Crippen molar-refractivity contribution >= 4 is 22.9 Å². The van der Waals surface area contributed by atoms with E-state index < -0.39 is 12.1 Å². The van der Waals surface area contributed by atoms with Gasteiger partial charge in [-0.05, 0) is 44.0 Å². The largest absolute Gasteiger partial charge is 0.489 e. The second-order valence-electron chi connectivity index (χ2n) is 8.24. The molecule has 9 nitrogen and oxygen atoms in total. The number of nitrogens with two attached hydrogens (primary N) is 1. The van der Waals surface area contributed by atoms with Crippen molar-refractivity contribution in [2.75, 3.05) is 11.9 Å². The highest BCUT2D eigenvalue weighted by Gasteiger charge is 2.29. The number of hydrogen-bond donors (Lipinski definition) is 3. The van der Waals surface area contributed by atoms with Crippen LogP contribution in [0.25, 0.3) is 11.0 Å². The zero-order valence-corrected chi connectivity index (χ0v) is 18.5. The number of hydrogen-bond acceptors (Lipinski definition) is 6. The first-order valence-corrected chi connectivity index (χ1v) is 11.0. The van der Waals surface area contributed by atoms with Crippen LogP contribution >= 0.6 is 0 Å². The fourth-order valence-electron chi connectivity index (χ4n) is 4.44. The molecule has 0 saturated carbocycles. The molecule has 1 aliphatic rings. The van der Waals surface area contributed by atoms with Gasteiger partial charge in [0.25, 0.3) is 0 Å². The molecule has 1 aliphatic heterocycles. The van der Waals surface area contributed by atoms with Crippen LogP contribution < -0.4 is 15.8 Å². The van der Waals surface area contributed by atoms with Crippen LogP contribution in [-0.2, 0) is 13.0 Å². The molecular weight excluding hydrogens is 420 g/mol. The molecule has 0 aliphatic carbocycles. The molecule has 0 spiro atoms. The molecule has 33 heavy (non-hydrogen) atoms. The first-order valence-electron chi connectivity index (χ1n) is 11.0. The minimum Gasteiger partial charge on any atom is -0.489 e. The fraction of sp³-hybridized carbons (Fsp3) is 0.292. The smallest absolute Gasteiger partial charge is 0.248 e. The van der Waals surface area contributed by atoms with Gasteiger partial charge in [-0.2, -0.15) is 5.10 Å². The quantitative estimate of drug-likeness (QED) is 0.376. The van der Waals surface area contributed by atoms with Crippen molar-refractivity contribution < 1.29 is 14.6 Å². The summed E-state index contributed by atoms with van der Waals surface area (Å²) < 4.78 is 9.85. The number of ether oxygens (including phenoxy) is 1. The number of nitrogens with zero attached hydrogens (tertiary/aromatic N) is 4. The normalized spacial score (nSPS) is 15.9. The lowest BCUT2D eigenvalue weighted by Crippen LogP contribution is -2.27. The summed E-state index contributed by atoms with van der Waals surface area (Å²) >= 11 is 0. The first-order chi connectivity index (χ1) is 15.9. The van der Waals surface area contributed by atoms with Crippen molar-refractivity contribution in [3.63, 3.8) is 0 Å². The number of amides is 1. The van der Waals surface area contributed by atoms with E-state index in [0.29, 0.717) is 41.6 Å². The molecule has 5 rings (SSSR count). The third-order valence-electron chi connectivity index (χ3n) is 5.92. The summed E-state index contributed by atoms with van der Waals surface area (Å²) in [5.41, 5.74) is 9.83. The first kappa shape index (κ1) is 21.0. The number of aliphatic hydroxyl groups is 1. The maximum atomic E-state index is 11.8. The Bertz CT molecular complexity index is 1330. The number of aryl methyl sites for hydroxylation is 2. The predicted molar refractivity (Wildman–Crippen MR) is 124 cm³/mol. The van der Waals surface area contributed by atoms with Crippen molar-refractivity contribution in [3.05, 3.63) is 71.0 Å². The van der Waals surface area contributed by atoms with Crippen LogP contribution in [0, 0.1) is 6.92 Å². The van der Waals surface area contributed by atoms with E-state index in [2.05, 4.69) is 27.1 Å². The number of nitrogens with one attached hydrogen (secondary N) is 1. The summed E-state index contributed by atoms with van der Waals surface area (Å²) in [5, 5.41) is 18.6. The second kappa shape index (κ2) is 8.25. The molecule has 0 bridgehead atoms. The van der Waals surface area contributed by atoms with E-state index in [9.17, 15) is 9.90 Å². The second-order valence-corrected chi connectivity index (χ2v) is 8.24. The molecule has 9 heteroatoms. The molecule has 0 fully saturated rings. The Morgan fingerprint density at radius 2 is 2.09 bits per heavy atom. The Labute approximate surface area is 190 Å². The van der Waals surface area contributed by atoms with Gasteiger partial charge >= 0.3 is 0 Å². The van der Waals surface area contributed by atoms with E-state index in [1.54, 1.807) is 16.8 Å². The summed E-state index contributed by atoms with van der Waals surface area (Å²) in [6.07, 6.45) is -0.293. The number of rotatable bonds is 7. The van der Waals surface area contributed by atoms with Gasteiger partial charge in [0.05, 0.1) is 22.9 Å². The summed E-state index contributed by atoms with van der Waals surface area (Å²) in [7, 11) is 0. The summed E-state index contributed by atoms with van der Waals surface area (Å²) in [4.78, 5) is 16.6. The Hall–Kier alpha value is -3.85. The highest BCUT2D eigenvalue weighted by atomic mass is 16.5. The monoisotopic (exact) mass is 446 g/mol. The van der Waals surface area contributed by atoms with Gasteiger partial charge in [-0.15, -0.1) is 0 Å². The molecule has 1 amide bonds. The van der Waals surface area contributed by atoms with Crippen LogP contribution in [0.2, 0.25) is 0 Å². The lowest BCUT2D eigenvalue weighted by atomic mass is 10.0. The van der Waals surface area contributed by atoms with Gasteiger partial charge in [-0.3, -0.25) is 9.48 Å². The van der Waals surface area contributed by atoms with Gasteiger partial charge in [-0.1, -0.05) is 30.3 Å². The number of benzene rings is 2. The number of carbonyl (C=O) groups is 1. The average molecular weight is 447 g/mol. The van der Waals surface area contributed by atoms with Gasteiger partial charge < -0.3 is 25.5 Å². The van der Waals surface area contributed by atoms with Gasteiger partial charge in [-0.25, -0.2) is 4.98 Å². The van der Waals surface area contributed by atoms with Crippen molar-refractivity contribution in [3.8, 4) is 5.75 Å². The number of aromatic nitrogens is 4. The molecule has 4 N–H and O–H groups in total. The van der Waals surface area contributed by atoms with E-state index in [4.69, 9.17) is 15.5 Å². The third-order valence-corrected chi connectivity index (χ3v) is 5.92. The van der Waals surface area contributed by atoms with Crippen LogP contribution in [0.1, 0.15) is 46.5 Å². The molecule has 0 radical (unpaired) electrons. The molecule has 2 atom stereocenters.